The van der Waals surface area contributed by atoms with E-state index in [1.54, 1.807) is 62.5 Å². The van der Waals surface area contributed by atoms with Crippen LogP contribution in [0.25, 0.3) is 0 Å². The quantitative estimate of drug-likeness (QED) is 0.0269. The number of likely N-dealkylation sites (N-methyl/N-ethyl adjacent to an activating group) is 1. The number of amides is 1. The average Bonchev–Trinajstić information content (AvgIpc) is 1.04. The van der Waals surface area contributed by atoms with Crippen molar-refractivity contribution in [2.45, 2.75) is 200 Å². The summed E-state index contributed by atoms with van der Waals surface area (Å²) in [4.78, 5) is 47.8. The molecule has 0 aromatic heterocycles. The number of nitrogens with one attached hydrogen (secondary N) is 3. The second kappa shape index (κ2) is 31.8. The van der Waals surface area contributed by atoms with Crippen LogP contribution in [0.3, 0.4) is 0 Å². The highest BCUT2D eigenvalue weighted by molar-refractivity contribution is 14.1. The number of fused-ring (bicyclic) bond motifs is 2. The number of rotatable bonds is 22. The minimum absolute atomic E-state index is 0.00924. The fraction of sp³-hybridized carbons (Fsp3) is 0.678. The Hall–Kier alpha value is -3.29. The monoisotopic (exact) mass is 1390 g/mol. The molecule has 24 nitrogen and oxygen atoms in total. The number of aliphatic hydroxyl groups is 5. The second-order valence-electron chi connectivity index (χ2n) is 21.8. The highest BCUT2D eigenvalue weighted by Crippen LogP contribution is 2.49. The first-order valence-electron chi connectivity index (χ1n) is 28.9. The van der Waals surface area contributed by atoms with E-state index in [1.807, 2.05) is 29.5 Å². The fourth-order valence-corrected chi connectivity index (χ4v) is 15.9. The third-order valence-electron chi connectivity index (χ3n) is 16.2. The van der Waals surface area contributed by atoms with Crippen LogP contribution in [0.4, 0.5) is 4.79 Å². The Labute approximate surface area is 532 Å². The van der Waals surface area contributed by atoms with E-state index < -0.39 is 127 Å². The lowest BCUT2D eigenvalue weighted by atomic mass is 9.75. The largest absolute Gasteiger partial charge is 0.492 e. The Balaban J connectivity index is 1.02. The van der Waals surface area contributed by atoms with Crippen LogP contribution >= 0.6 is 55.9 Å². The lowest BCUT2D eigenvalue weighted by Gasteiger charge is -2.46. The van der Waals surface area contributed by atoms with Gasteiger partial charge in [0.05, 0.1) is 97.0 Å². The number of alkyl carbamates (subject to hydrolysis) is 1. The molecule has 4 aliphatic heterocycles. The predicted molar refractivity (Wildman–Crippen MR) is 328 cm³/mol. The van der Waals surface area contributed by atoms with E-state index in [9.17, 15) is 39.9 Å². The van der Waals surface area contributed by atoms with Crippen molar-refractivity contribution < 1.29 is 102 Å². The SMILES string of the molecule is CCN[C@H]1CO[C@@H](O[C@H]2[C@H](O[C@H]3C#C/C=C\C#C[C@]4(O)CC(=O)C(NC(=O)OC)=C3/C4=C\CSSC3CCCC3)O[C@H](C)[C@@H](NO[C@H]3C[C@H](O)[C@H](SC(=O)c4c(C)c(I)c(O[C@@H]5O[C@@H](C)[C@H](O)[C@@H](OC)[C@H]5O)c(OC)c4OC)[C@@H](C)O3)[C@@H]2O)C[C@@H]1OC. The number of allylic oxidation sites excluding steroid dienone is 3. The van der Waals surface area contributed by atoms with Crippen LogP contribution in [0.5, 0.6) is 17.2 Å². The number of Topliss-reactive ketones (excluding diaryl/α,β-unsaturated/α-hetero) is 1. The van der Waals surface area contributed by atoms with Gasteiger partial charge >= 0.3 is 6.09 Å². The highest BCUT2D eigenvalue weighted by Gasteiger charge is 2.52. The molecule has 4 heterocycles. The van der Waals surface area contributed by atoms with Gasteiger partial charge in [-0.3, -0.25) is 19.7 Å². The van der Waals surface area contributed by atoms with Crippen molar-refractivity contribution in [3.8, 4) is 40.9 Å². The van der Waals surface area contributed by atoms with Crippen molar-refractivity contribution in [3.63, 3.8) is 0 Å². The summed E-state index contributed by atoms with van der Waals surface area (Å²) >= 11 is 2.83. The number of methoxy groups -OCH3 is 5. The lowest BCUT2D eigenvalue weighted by molar-refractivity contribution is -0.336. The van der Waals surface area contributed by atoms with Gasteiger partial charge in [0.15, 0.2) is 41.8 Å². The van der Waals surface area contributed by atoms with Crippen LogP contribution in [0.15, 0.2) is 35.1 Å². The van der Waals surface area contributed by atoms with E-state index in [4.69, 9.17) is 61.7 Å². The van der Waals surface area contributed by atoms with Gasteiger partial charge in [-0.1, -0.05) is 82.9 Å². The summed E-state index contributed by atoms with van der Waals surface area (Å²) in [6, 6.07) is -1.26. The van der Waals surface area contributed by atoms with E-state index in [1.165, 1.54) is 33.5 Å². The number of halogens is 1. The van der Waals surface area contributed by atoms with Crippen LogP contribution in [0.1, 0.15) is 88.6 Å². The van der Waals surface area contributed by atoms with Gasteiger partial charge in [-0.2, -0.15) is 5.48 Å². The number of carbonyl (C=O) groups is 3. The van der Waals surface area contributed by atoms with Crippen molar-refractivity contribution in [1.29, 1.82) is 0 Å². The molecule has 4 saturated heterocycles. The molecule has 28 heteroatoms. The molecular formula is C59H80IN3O21S3. The Bertz CT molecular complexity index is 2810. The number of hydroxylamine groups is 1. The maximum absolute atomic E-state index is 14.5. The molecule has 8 rings (SSSR count). The Morgan fingerprint density at radius 3 is 2.26 bits per heavy atom. The van der Waals surface area contributed by atoms with Gasteiger partial charge in [0.1, 0.15) is 36.6 Å². The van der Waals surface area contributed by atoms with Crippen LogP contribution in [0.2, 0.25) is 0 Å². The van der Waals surface area contributed by atoms with E-state index in [-0.39, 0.29) is 71.2 Å². The molecule has 1 aromatic rings. The van der Waals surface area contributed by atoms with Gasteiger partial charge in [0.25, 0.3) is 0 Å². The smallest absolute Gasteiger partial charge is 0.411 e. The minimum Gasteiger partial charge on any atom is -0.492 e. The van der Waals surface area contributed by atoms with Crippen LogP contribution in [-0.4, -0.2) is 217 Å². The zero-order chi connectivity index (χ0) is 62.9. The van der Waals surface area contributed by atoms with Crippen LogP contribution in [0, 0.1) is 34.2 Å². The molecule has 0 unspecified atom stereocenters. The van der Waals surface area contributed by atoms with Crippen molar-refractivity contribution in [1.82, 2.24) is 16.1 Å². The standard InChI is InChI=1S/C59H80IN3O21S3/c1-11-61-34-27-77-39(25-38(34)72-6)82-52-47(67)44(29(3)79-57(52)81-37-20-14-12-13-17-22-59(71)26-36(65)45(62-58(70)76-10)42(37)33(59)21-23-85-87-32-18-15-16-19-32)63-84-40-24-35(64)54(31(5)78-40)86-55(69)41-28(2)43(60)50(53(75-9)49(41)73-7)83-56-48(68)51(74-8)46(66)30(4)80-56/h12-13,21,29-32,34-35,37-40,44,46-48,51-52,54,56-57,61,63-64,66-68,71H,11,15-16,18-19,23-27H2,1-10H3,(H,62,70)/b13-12-,33-21+/t29-,30+,31-,34+,35+,37+,38+,39+,40+,44-,46+,47+,48-,51-,52-,54-,56+,57+,59+/m1/s1. The molecule has 482 valence electrons. The number of hydrogen-bond acceptors (Lipinski definition) is 26. The molecule has 1 amide bonds. The summed E-state index contributed by atoms with van der Waals surface area (Å²) in [5.74, 6) is 11.5. The van der Waals surface area contributed by atoms with Gasteiger partial charge in [-0.05, 0) is 87.4 Å². The Morgan fingerprint density at radius 1 is 0.862 bits per heavy atom. The number of aliphatic hydroxyl groups excluding tert-OH is 4. The van der Waals surface area contributed by atoms with Crippen molar-refractivity contribution in [2.24, 2.45) is 0 Å². The van der Waals surface area contributed by atoms with Crippen LogP contribution in [-0.2, 0) is 52.3 Å². The Kier molecular flexibility index (Phi) is 25.5. The molecule has 87 heavy (non-hydrogen) atoms. The van der Waals surface area contributed by atoms with Gasteiger partial charge in [-0.25, -0.2) is 4.79 Å². The third-order valence-corrected chi connectivity index (χ3v) is 21.7. The zero-order valence-electron chi connectivity index (χ0n) is 50.1. The summed E-state index contributed by atoms with van der Waals surface area (Å²) in [5, 5.41) is 63.5. The summed E-state index contributed by atoms with van der Waals surface area (Å²) in [6.07, 6.45) is -9.10. The number of thioether (sulfide) groups is 1. The predicted octanol–water partition coefficient (Wildman–Crippen LogP) is 3.86. The topological polar surface area (TPSA) is 308 Å². The fourth-order valence-electron chi connectivity index (χ4n) is 11.5. The number of ketones is 1. The molecule has 5 fully saturated rings. The highest BCUT2D eigenvalue weighted by atomic mass is 127. The van der Waals surface area contributed by atoms with Crippen LogP contribution < -0.4 is 30.3 Å². The number of carbonyl (C=O) groups excluding carboxylic acids is 3. The minimum atomic E-state index is -2.05. The summed E-state index contributed by atoms with van der Waals surface area (Å²) < 4.78 is 72.8. The number of ether oxygens (including phenoxy) is 12. The van der Waals surface area contributed by atoms with Gasteiger partial charge in [-0.15, -0.1) is 0 Å². The van der Waals surface area contributed by atoms with Crippen molar-refractivity contribution in [3.05, 3.63) is 49.8 Å². The average molecular weight is 1390 g/mol. The summed E-state index contributed by atoms with van der Waals surface area (Å²) in [6.45, 7) is 9.45. The molecule has 1 aromatic carbocycles. The molecular weight excluding hydrogens is 1310 g/mol. The maximum atomic E-state index is 14.5. The molecule has 7 aliphatic rings. The van der Waals surface area contributed by atoms with Gasteiger partial charge in [0, 0.05) is 49.2 Å². The summed E-state index contributed by atoms with van der Waals surface area (Å²) in [5.41, 5.74) is 1.40. The first-order chi connectivity index (χ1) is 41.7. The van der Waals surface area contributed by atoms with E-state index in [2.05, 4.69) is 39.8 Å². The van der Waals surface area contributed by atoms with Gasteiger partial charge in [0.2, 0.25) is 17.2 Å². The first-order valence-corrected chi connectivity index (χ1v) is 33.2. The number of hydrogen-bond donors (Lipinski definition) is 8. The Morgan fingerprint density at radius 2 is 1.59 bits per heavy atom. The zero-order valence-corrected chi connectivity index (χ0v) is 54.8. The lowest BCUT2D eigenvalue weighted by Crippen LogP contribution is -2.65. The third kappa shape index (κ3) is 16.1. The van der Waals surface area contributed by atoms with Crippen molar-refractivity contribution >= 4 is 72.9 Å². The molecule has 0 radical (unpaired) electrons. The molecule has 8 N–H and O–H groups in total. The molecule has 1 saturated carbocycles. The van der Waals surface area contributed by atoms with E-state index in [0.29, 0.717) is 26.7 Å². The molecule has 0 spiro atoms. The van der Waals surface area contributed by atoms with Crippen molar-refractivity contribution in [2.75, 3.05) is 54.5 Å². The maximum Gasteiger partial charge on any atom is 0.411 e. The normalized spacial score (nSPS) is 36.2. The molecule has 19 atom stereocenters. The summed E-state index contributed by atoms with van der Waals surface area (Å²) in [7, 11) is 10.2. The molecule has 3 aliphatic carbocycles. The second-order valence-corrected chi connectivity index (χ2v) is 26.8. The van der Waals surface area contributed by atoms with E-state index >= 15 is 0 Å². The first kappa shape index (κ1) is 69.6. The van der Waals surface area contributed by atoms with Gasteiger partial charge < -0.3 is 87.7 Å². The number of benzene rings is 1. The molecule has 2 bridgehead atoms. The van der Waals surface area contributed by atoms with E-state index in [0.717, 1.165) is 44.6 Å².